The molecule has 0 atom stereocenters. The lowest BCUT2D eigenvalue weighted by Crippen LogP contribution is -2.26. The number of nitrogens with one attached hydrogen (secondary N) is 1. The molecule has 24 heavy (non-hydrogen) atoms. The molecule has 1 amide bonds. The lowest BCUT2D eigenvalue weighted by atomic mass is 9.90. The summed E-state index contributed by atoms with van der Waals surface area (Å²) in [5.74, 6) is 0.294. The van der Waals surface area contributed by atoms with Gasteiger partial charge in [-0.25, -0.2) is 0 Å². The van der Waals surface area contributed by atoms with Gasteiger partial charge in [-0.2, -0.15) is 0 Å². The first-order chi connectivity index (χ1) is 11.4. The summed E-state index contributed by atoms with van der Waals surface area (Å²) in [4.78, 5) is 24.9. The van der Waals surface area contributed by atoms with Crippen LogP contribution in [0.5, 0.6) is 0 Å². The quantitative estimate of drug-likeness (QED) is 0.553. The third-order valence-corrected chi connectivity index (χ3v) is 5.21. The van der Waals surface area contributed by atoms with E-state index in [1.807, 2.05) is 13.0 Å². The Balaban J connectivity index is 1.75. The van der Waals surface area contributed by atoms with Gasteiger partial charge in [-0.05, 0) is 43.4 Å². The van der Waals surface area contributed by atoms with E-state index in [1.165, 1.54) is 6.07 Å². The highest BCUT2D eigenvalue weighted by molar-refractivity contribution is 7.23. The van der Waals surface area contributed by atoms with Crippen LogP contribution in [0.2, 0.25) is 0 Å². The van der Waals surface area contributed by atoms with Crippen molar-refractivity contribution in [3.8, 4) is 0 Å². The summed E-state index contributed by atoms with van der Waals surface area (Å²) in [7, 11) is -1.58. The highest BCUT2D eigenvalue weighted by atomic mass is 32.1. The summed E-state index contributed by atoms with van der Waals surface area (Å²) in [6.07, 6.45) is 2.82. The van der Waals surface area contributed by atoms with Gasteiger partial charge >= 0.3 is 7.12 Å². The summed E-state index contributed by atoms with van der Waals surface area (Å²) in [6, 6.07) is 8.39. The fourth-order valence-corrected chi connectivity index (χ4v) is 3.20. The van der Waals surface area contributed by atoms with Crippen molar-refractivity contribution in [2.24, 2.45) is 5.92 Å². The zero-order valence-corrected chi connectivity index (χ0v) is 14.1. The maximum absolute atomic E-state index is 12.3. The largest absolute Gasteiger partial charge is 0.499 e. The Labute approximate surface area is 144 Å². The van der Waals surface area contributed by atoms with E-state index in [9.17, 15) is 9.59 Å². The van der Waals surface area contributed by atoms with Gasteiger partial charge in [0.15, 0.2) is 5.78 Å². The molecule has 0 bridgehead atoms. The number of hydrogen-bond donors (Lipinski definition) is 3. The summed E-state index contributed by atoms with van der Waals surface area (Å²) < 4.78 is 0.310. The predicted octanol–water partition coefficient (Wildman–Crippen LogP) is 1.97. The Morgan fingerprint density at radius 2 is 2.00 bits per heavy atom. The van der Waals surface area contributed by atoms with Crippen LogP contribution in [0.3, 0.4) is 0 Å². The van der Waals surface area contributed by atoms with E-state index in [2.05, 4.69) is 5.32 Å². The smallest absolute Gasteiger partial charge is 0.423 e. The number of thiophene rings is 1. The Kier molecular flexibility index (Phi) is 4.84. The van der Waals surface area contributed by atoms with Gasteiger partial charge in [0.2, 0.25) is 0 Å². The molecule has 2 aromatic rings. The first-order valence-electron chi connectivity index (χ1n) is 7.85. The second kappa shape index (κ2) is 6.89. The van der Waals surface area contributed by atoms with E-state index in [4.69, 9.17) is 10.0 Å². The molecule has 1 aliphatic rings. The maximum Gasteiger partial charge on any atom is 0.499 e. The number of amides is 1. The minimum Gasteiger partial charge on any atom is -0.423 e. The van der Waals surface area contributed by atoms with Crippen molar-refractivity contribution in [2.75, 3.05) is 5.32 Å². The van der Waals surface area contributed by atoms with Crippen LogP contribution < -0.4 is 10.1 Å². The summed E-state index contributed by atoms with van der Waals surface area (Å²) in [5, 5.41) is 21.0. The number of carbonyl (C=O) groups excluding carboxylic acids is 2. The highest BCUT2D eigenvalue weighted by Gasteiger charge is 2.25. The van der Waals surface area contributed by atoms with Crippen molar-refractivity contribution in [3.63, 3.8) is 0 Å². The number of anilines is 1. The minimum atomic E-state index is -1.58. The first-order valence-corrected chi connectivity index (χ1v) is 8.67. The molecule has 124 valence electrons. The molecule has 1 heterocycles. The third-order valence-electron chi connectivity index (χ3n) is 4.08. The summed E-state index contributed by atoms with van der Waals surface area (Å²) in [5.41, 5.74) is 2.08. The topological polar surface area (TPSA) is 86.6 Å². The van der Waals surface area contributed by atoms with Crippen LogP contribution in [0.25, 0.3) is 0 Å². The molecule has 1 saturated carbocycles. The molecule has 5 nitrogen and oxygen atoms in total. The van der Waals surface area contributed by atoms with Crippen LogP contribution in [-0.4, -0.2) is 28.9 Å². The molecule has 3 N–H and O–H groups in total. The van der Waals surface area contributed by atoms with Crippen LogP contribution in [0.4, 0.5) is 5.69 Å². The average Bonchev–Trinajstić information content (AvgIpc) is 3.20. The van der Waals surface area contributed by atoms with Crippen LogP contribution in [0.1, 0.15) is 44.9 Å². The molecule has 1 aliphatic carbocycles. The maximum atomic E-state index is 12.3. The normalized spacial score (nSPS) is 13.6. The Bertz CT molecular complexity index is 783. The van der Waals surface area contributed by atoms with Crippen molar-refractivity contribution >= 4 is 40.6 Å². The second-order valence-electron chi connectivity index (χ2n) is 6.13. The van der Waals surface area contributed by atoms with Crippen molar-refractivity contribution in [1.82, 2.24) is 0 Å². The van der Waals surface area contributed by atoms with Crippen LogP contribution in [0, 0.1) is 12.8 Å². The van der Waals surface area contributed by atoms with Gasteiger partial charge in [0.1, 0.15) is 0 Å². The van der Waals surface area contributed by atoms with Gasteiger partial charge in [0.25, 0.3) is 5.91 Å². The second-order valence-corrected chi connectivity index (χ2v) is 7.25. The number of aryl methyl sites for hydroxylation is 1. The molecule has 1 fully saturated rings. The Hall–Kier alpha value is -1.96. The fraction of sp³-hybridized carbons (Fsp3) is 0.294. The van der Waals surface area contributed by atoms with Crippen LogP contribution in [-0.2, 0) is 0 Å². The predicted molar refractivity (Wildman–Crippen MR) is 94.9 cm³/mol. The molecule has 0 saturated heterocycles. The average molecular weight is 343 g/mol. The van der Waals surface area contributed by atoms with E-state index in [0.717, 1.165) is 29.7 Å². The standard InChI is InChI=1S/C17H18BNO4S/c1-10-2-5-12(14(20)8-11-3-4-11)9-13(10)19-17(21)15-6-7-16(24-15)18(22)23/h2,5-7,9,11,22-23H,3-4,8H2,1H3,(H,19,21). The van der Waals surface area contributed by atoms with Gasteiger partial charge in [-0.15, -0.1) is 11.3 Å². The molecule has 3 rings (SSSR count). The van der Waals surface area contributed by atoms with E-state index in [0.29, 0.717) is 33.2 Å². The number of ketones is 1. The van der Waals surface area contributed by atoms with E-state index in [1.54, 1.807) is 18.2 Å². The van der Waals surface area contributed by atoms with Gasteiger partial charge < -0.3 is 15.4 Å². The monoisotopic (exact) mass is 343 g/mol. The van der Waals surface area contributed by atoms with Gasteiger partial charge in [-0.3, -0.25) is 9.59 Å². The van der Waals surface area contributed by atoms with E-state index >= 15 is 0 Å². The van der Waals surface area contributed by atoms with Crippen molar-refractivity contribution in [2.45, 2.75) is 26.2 Å². The molecule has 0 radical (unpaired) electrons. The number of carbonyl (C=O) groups is 2. The minimum absolute atomic E-state index is 0.106. The Morgan fingerprint density at radius 1 is 1.25 bits per heavy atom. The number of rotatable bonds is 6. The molecule has 0 unspecified atom stereocenters. The van der Waals surface area contributed by atoms with Crippen molar-refractivity contribution in [3.05, 3.63) is 46.3 Å². The zero-order valence-electron chi connectivity index (χ0n) is 13.3. The SMILES string of the molecule is Cc1ccc(C(=O)CC2CC2)cc1NC(=O)c1ccc(B(O)O)s1. The summed E-state index contributed by atoms with van der Waals surface area (Å²) in [6.45, 7) is 1.86. The van der Waals surface area contributed by atoms with Gasteiger partial charge in [-0.1, -0.05) is 18.2 Å². The van der Waals surface area contributed by atoms with Crippen molar-refractivity contribution < 1.29 is 19.6 Å². The van der Waals surface area contributed by atoms with E-state index < -0.39 is 7.12 Å². The van der Waals surface area contributed by atoms with Gasteiger partial charge in [0.05, 0.1) is 4.88 Å². The first kappa shape index (κ1) is 16.9. The molecule has 7 heteroatoms. The lowest BCUT2D eigenvalue weighted by Gasteiger charge is -2.09. The van der Waals surface area contributed by atoms with Crippen molar-refractivity contribution in [1.29, 1.82) is 0 Å². The van der Waals surface area contributed by atoms with Crippen LogP contribution >= 0.6 is 11.3 Å². The summed E-state index contributed by atoms with van der Waals surface area (Å²) >= 11 is 1.02. The molecular weight excluding hydrogens is 325 g/mol. The number of hydrogen-bond acceptors (Lipinski definition) is 5. The number of Topliss-reactive ketones (excluding diaryl/α,β-unsaturated/α-hetero) is 1. The van der Waals surface area contributed by atoms with Crippen LogP contribution in [0.15, 0.2) is 30.3 Å². The third kappa shape index (κ3) is 3.92. The zero-order chi connectivity index (χ0) is 17.3. The molecule has 0 aliphatic heterocycles. The fourth-order valence-electron chi connectivity index (χ4n) is 2.43. The Morgan fingerprint density at radius 3 is 2.62 bits per heavy atom. The number of benzene rings is 1. The lowest BCUT2D eigenvalue weighted by molar-refractivity contribution is 0.0974. The highest BCUT2D eigenvalue weighted by Crippen LogP contribution is 2.34. The molecular formula is C17H18BNO4S. The van der Waals surface area contributed by atoms with E-state index in [-0.39, 0.29) is 11.7 Å². The van der Waals surface area contributed by atoms with Gasteiger partial charge in [0, 0.05) is 22.4 Å². The molecule has 0 spiro atoms. The molecule has 1 aromatic heterocycles. The molecule has 1 aromatic carbocycles.